The maximum Gasteiger partial charge on any atom is 0.323 e. The van der Waals surface area contributed by atoms with Crippen LogP contribution < -0.4 is 5.32 Å². The molecular formula is C15H16N2O4. The molecule has 0 spiro atoms. The van der Waals surface area contributed by atoms with E-state index in [1.165, 1.54) is 12.8 Å². The van der Waals surface area contributed by atoms with Crippen molar-refractivity contribution >= 4 is 23.5 Å². The summed E-state index contributed by atoms with van der Waals surface area (Å²) in [4.78, 5) is 35.7. The van der Waals surface area contributed by atoms with Crippen molar-refractivity contribution < 1.29 is 19.5 Å². The van der Waals surface area contributed by atoms with Gasteiger partial charge < -0.3 is 10.4 Å². The number of hydrogen-bond donors (Lipinski definition) is 2. The predicted octanol–water partition coefficient (Wildman–Crippen LogP) is 1.72. The molecule has 0 aromatic heterocycles. The van der Waals surface area contributed by atoms with Gasteiger partial charge in [0, 0.05) is 11.7 Å². The predicted molar refractivity (Wildman–Crippen MR) is 75.3 cm³/mol. The van der Waals surface area contributed by atoms with Gasteiger partial charge >= 0.3 is 5.97 Å². The number of aliphatic carboxylic acids is 1. The fourth-order valence-electron chi connectivity index (χ4n) is 2.97. The van der Waals surface area contributed by atoms with Crippen LogP contribution in [0.1, 0.15) is 46.4 Å². The zero-order chi connectivity index (χ0) is 15.0. The van der Waals surface area contributed by atoms with Gasteiger partial charge in [-0.1, -0.05) is 12.8 Å². The first kappa shape index (κ1) is 13.6. The molecule has 1 aromatic carbocycles. The molecule has 3 rings (SSSR count). The topological polar surface area (TPSA) is 86.7 Å². The average molecular weight is 288 g/mol. The summed E-state index contributed by atoms with van der Waals surface area (Å²) in [6.45, 7) is -0.599. The molecule has 6 heteroatoms. The number of carboxylic acids is 1. The Kier molecular flexibility index (Phi) is 3.37. The Morgan fingerprint density at radius 2 is 1.86 bits per heavy atom. The van der Waals surface area contributed by atoms with Crippen LogP contribution in [0.25, 0.3) is 0 Å². The van der Waals surface area contributed by atoms with Gasteiger partial charge in [0.25, 0.3) is 11.8 Å². The molecule has 110 valence electrons. The lowest BCUT2D eigenvalue weighted by atomic mass is 10.1. The summed E-state index contributed by atoms with van der Waals surface area (Å²) in [6.07, 6.45) is 4.61. The monoisotopic (exact) mass is 288 g/mol. The molecule has 2 amide bonds. The molecule has 0 saturated heterocycles. The number of carbonyl (C=O) groups is 3. The minimum atomic E-state index is -1.20. The standard InChI is InChI=1S/C15H16N2O4/c18-13(19)8-17-14(20)11-6-5-10(7-12(11)15(17)21)16-9-3-1-2-4-9/h5-7,9,16H,1-4,8H2,(H,18,19). The van der Waals surface area contributed by atoms with Crippen LogP contribution in [0.5, 0.6) is 0 Å². The summed E-state index contributed by atoms with van der Waals surface area (Å²) < 4.78 is 0. The number of amides is 2. The fraction of sp³-hybridized carbons (Fsp3) is 0.400. The molecule has 6 nitrogen and oxygen atoms in total. The molecule has 1 saturated carbocycles. The van der Waals surface area contributed by atoms with Crippen LogP contribution >= 0.6 is 0 Å². The molecule has 0 atom stereocenters. The zero-order valence-corrected chi connectivity index (χ0v) is 11.5. The molecule has 2 aliphatic rings. The van der Waals surface area contributed by atoms with E-state index in [0.29, 0.717) is 6.04 Å². The van der Waals surface area contributed by atoms with Crippen LogP contribution in [0.15, 0.2) is 18.2 Å². The molecular weight excluding hydrogens is 272 g/mol. The van der Waals surface area contributed by atoms with Gasteiger partial charge in [-0.3, -0.25) is 19.3 Å². The van der Waals surface area contributed by atoms with Crippen LogP contribution in [0.4, 0.5) is 5.69 Å². The van der Waals surface area contributed by atoms with Gasteiger partial charge in [0.05, 0.1) is 11.1 Å². The highest BCUT2D eigenvalue weighted by Gasteiger charge is 2.36. The molecule has 0 unspecified atom stereocenters. The van der Waals surface area contributed by atoms with E-state index in [0.717, 1.165) is 23.4 Å². The third-order valence-corrected chi connectivity index (χ3v) is 3.99. The van der Waals surface area contributed by atoms with E-state index >= 15 is 0 Å². The van der Waals surface area contributed by atoms with Gasteiger partial charge in [0.2, 0.25) is 0 Å². The van der Waals surface area contributed by atoms with Gasteiger partial charge in [0.1, 0.15) is 6.54 Å². The number of fused-ring (bicyclic) bond motifs is 1. The molecule has 1 aromatic rings. The minimum absolute atomic E-state index is 0.276. The van der Waals surface area contributed by atoms with Crippen LogP contribution in [0, 0.1) is 0 Å². The normalized spacial score (nSPS) is 18.2. The molecule has 1 fully saturated rings. The Bertz CT molecular complexity index is 620. The van der Waals surface area contributed by atoms with Gasteiger partial charge in [-0.15, -0.1) is 0 Å². The highest BCUT2D eigenvalue weighted by atomic mass is 16.4. The number of anilines is 1. The molecule has 1 aliphatic carbocycles. The Morgan fingerprint density at radius 1 is 1.19 bits per heavy atom. The highest BCUT2D eigenvalue weighted by molar-refractivity contribution is 6.22. The van der Waals surface area contributed by atoms with E-state index in [-0.39, 0.29) is 11.1 Å². The van der Waals surface area contributed by atoms with Crippen LogP contribution in [0.3, 0.4) is 0 Å². The largest absolute Gasteiger partial charge is 0.480 e. The number of rotatable bonds is 4. The number of hydrogen-bond acceptors (Lipinski definition) is 4. The Hall–Kier alpha value is -2.37. The summed E-state index contributed by atoms with van der Waals surface area (Å²) in [7, 11) is 0. The smallest absolute Gasteiger partial charge is 0.323 e. The van der Waals surface area contributed by atoms with E-state index in [4.69, 9.17) is 5.11 Å². The van der Waals surface area contributed by atoms with E-state index in [2.05, 4.69) is 5.32 Å². The van der Waals surface area contributed by atoms with Gasteiger partial charge in [-0.2, -0.15) is 0 Å². The SMILES string of the molecule is O=C(O)CN1C(=O)c2ccc(NC3CCCC3)cc2C1=O. The van der Waals surface area contributed by atoms with Crippen LogP contribution in [-0.4, -0.2) is 40.4 Å². The second kappa shape index (κ2) is 5.20. The second-order valence-corrected chi connectivity index (χ2v) is 5.48. The summed E-state index contributed by atoms with van der Waals surface area (Å²) in [5.41, 5.74) is 1.36. The fourth-order valence-corrected chi connectivity index (χ4v) is 2.97. The molecule has 2 N–H and O–H groups in total. The first-order chi connectivity index (χ1) is 10.1. The van der Waals surface area contributed by atoms with Gasteiger partial charge in [-0.25, -0.2) is 0 Å². The quantitative estimate of drug-likeness (QED) is 0.824. The first-order valence-corrected chi connectivity index (χ1v) is 7.05. The highest BCUT2D eigenvalue weighted by Crippen LogP contribution is 2.28. The number of nitrogens with zero attached hydrogens (tertiary/aromatic N) is 1. The van der Waals surface area contributed by atoms with Crippen LogP contribution in [-0.2, 0) is 4.79 Å². The van der Waals surface area contributed by atoms with Crippen molar-refractivity contribution in [1.29, 1.82) is 0 Å². The number of nitrogens with one attached hydrogen (secondary N) is 1. The van der Waals surface area contributed by atoms with Crippen molar-refractivity contribution in [2.24, 2.45) is 0 Å². The summed E-state index contributed by atoms with van der Waals surface area (Å²) in [6, 6.07) is 5.42. The molecule has 0 radical (unpaired) electrons. The van der Waals surface area contributed by atoms with Gasteiger partial charge in [-0.05, 0) is 31.0 Å². The van der Waals surface area contributed by atoms with Crippen molar-refractivity contribution in [2.45, 2.75) is 31.7 Å². The Balaban J connectivity index is 1.83. The van der Waals surface area contributed by atoms with E-state index in [1.807, 2.05) is 0 Å². The molecule has 1 heterocycles. The molecule has 1 aliphatic heterocycles. The summed E-state index contributed by atoms with van der Waals surface area (Å²) in [5, 5.41) is 12.1. The van der Waals surface area contributed by atoms with Crippen molar-refractivity contribution in [3.8, 4) is 0 Å². The second-order valence-electron chi connectivity index (χ2n) is 5.48. The Labute approximate surface area is 121 Å². The lowest BCUT2D eigenvalue weighted by Gasteiger charge is -2.13. The van der Waals surface area contributed by atoms with E-state index in [9.17, 15) is 14.4 Å². The van der Waals surface area contributed by atoms with Crippen molar-refractivity contribution in [3.63, 3.8) is 0 Å². The first-order valence-electron chi connectivity index (χ1n) is 7.05. The lowest BCUT2D eigenvalue weighted by molar-refractivity contribution is -0.137. The van der Waals surface area contributed by atoms with Crippen molar-refractivity contribution in [3.05, 3.63) is 29.3 Å². The third-order valence-electron chi connectivity index (χ3n) is 3.99. The third kappa shape index (κ3) is 2.49. The van der Waals surface area contributed by atoms with Crippen molar-refractivity contribution in [1.82, 2.24) is 4.90 Å². The van der Waals surface area contributed by atoms with E-state index in [1.54, 1.807) is 18.2 Å². The number of benzene rings is 1. The molecule has 0 bridgehead atoms. The Morgan fingerprint density at radius 3 is 2.52 bits per heavy atom. The van der Waals surface area contributed by atoms with Gasteiger partial charge in [0.15, 0.2) is 0 Å². The number of carboxylic acid groups (broad SMARTS) is 1. The van der Waals surface area contributed by atoms with Crippen LogP contribution in [0.2, 0.25) is 0 Å². The number of imide groups is 1. The maximum absolute atomic E-state index is 12.1. The number of carbonyl (C=O) groups excluding carboxylic acids is 2. The summed E-state index contributed by atoms with van der Waals surface area (Å²) in [5.74, 6) is -2.27. The lowest BCUT2D eigenvalue weighted by Crippen LogP contribution is -2.34. The minimum Gasteiger partial charge on any atom is -0.480 e. The summed E-state index contributed by atoms with van der Waals surface area (Å²) >= 11 is 0. The maximum atomic E-state index is 12.1. The molecule has 21 heavy (non-hydrogen) atoms. The van der Waals surface area contributed by atoms with E-state index < -0.39 is 24.3 Å². The van der Waals surface area contributed by atoms with Crippen molar-refractivity contribution in [2.75, 3.05) is 11.9 Å². The zero-order valence-electron chi connectivity index (χ0n) is 11.5. The average Bonchev–Trinajstić information content (AvgIpc) is 3.02.